The Hall–Kier alpha value is -2.71. The van der Waals surface area contributed by atoms with Gasteiger partial charge in [0, 0.05) is 38.8 Å². The molecule has 3 aromatic rings. The predicted molar refractivity (Wildman–Crippen MR) is 119 cm³/mol. The lowest BCUT2D eigenvalue weighted by atomic mass is 10.1. The van der Waals surface area contributed by atoms with Gasteiger partial charge < -0.3 is 14.3 Å². The summed E-state index contributed by atoms with van der Waals surface area (Å²) in [6.07, 6.45) is 0.877. The molecule has 1 aliphatic heterocycles. The molecule has 0 amide bonds. The molecule has 1 aromatic heterocycles. The zero-order valence-electron chi connectivity index (χ0n) is 17.7. The van der Waals surface area contributed by atoms with E-state index in [1.807, 2.05) is 42.3 Å². The van der Waals surface area contributed by atoms with E-state index in [4.69, 9.17) is 14.0 Å². The smallest absolute Gasteiger partial charge is 0.200 e. The largest absolute Gasteiger partial charge is 0.491 e. The number of benzene rings is 2. The van der Waals surface area contributed by atoms with Crippen molar-refractivity contribution in [1.82, 2.24) is 9.96 Å². The Morgan fingerprint density at radius 1 is 1.10 bits per heavy atom. The summed E-state index contributed by atoms with van der Waals surface area (Å²) >= 11 is 0. The van der Waals surface area contributed by atoms with E-state index in [-0.39, 0.29) is 12.0 Å². The molecule has 164 valence electrons. The van der Waals surface area contributed by atoms with Crippen molar-refractivity contribution in [1.29, 1.82) is 0 Å². The third kappa shape index (κ3) is 5.32. The molecule has 0 aliphatic carbocycles. The fourth-order valence-electron chi connectivity index (χ4n) is 3.78. The summed E-state index contributed by atoms with van der Waals surface area (Å²) < 4.78 is 11.5. The number of hydrogen-bond acceptors (Lipinski definition) is 7. The van der Waals surface area contributed by atoms with E-state index in [2.05, 4.69) is 4.90 Å². The maximum Gasteiger partial charge on any atom is 0.200 e. The molecule has 1 unspecified atom stereocenters. The van der Waals surface area contributed by atoms with Crippen molar-refractivity contribution in [2.75, 3.05) is 45.9 Å². The average molecular weight is 424 g/mol. The molecule has 7 nitrogen and oxygen atoms in total. The Balaban J connectivity index is 1.35. The van der Waals surface area contributed by atoms with Crippen LogP contribution in [0.4, 0.5) is 0 Å². The summed E-state index contributed by atoms with van der Waals surface area (Å²) in [5, 5.41) is 12.8. The number of β-amino-alcohol motifs (C(OH)–C–C–N with tert-alkyl or cyclic N) is 1. The van der Waals surface area contributed by atoms with Gasteiger partial charge in [-0.2, -0.15) is 5.06 Å². The first-order valence-corrected chi connectivity index (χ1v) is 10.7. The Morgan fingerprint density at radius 3 is 2.61 bits per heavy atom. The van der Waals surface area contributed by atoms with Crippen LogP contribution in [0, 0.1) is 0 Å². The maximum absolute atomic E-state index is 12.8. The van der Waals surface area contributed by atoms with Crippen LogP contribution < -0.4 is 10.2 Å². The number of fused-ring (bicyclic) bond motifs is 1. The molecule has 31 heavy (non-hydrogen) atoms. The number of piperazine rings is 1. The molecule has 0 radical (unpaired) electrons. The Bertz CT molecular complexity index is 1040. The summed E-state index contributed by atoms with van der Waals surface area (Å²) in [5.41, 5.74) is 1.74. The van der Waals surface area contributed by atoms with Crippen molar-refractivity contribution in [3.8, 4) is 16.9 Å². The van der Waals surface area contributed by atoms with Gasteiger partial charge in [-0.15, -0.1) is 0 Å². The van der Waals surface area contributed by atoms with Gasteiger partial charge in [0.1, 0.15) is 30.3 Å². The minimum atomic E-state index is -0.609. The van der Waals surface area contributed by atoms with E-state index in [1.165, 1.54) is 6.26 Å². The van der Waals surface area contributed by atoms with Gasteiger partial charge in [-0.25, -0.2) is 0 Å². The molecule has 1 N–H and O–H groups in total. The fraction of sp³-hybridized carbons (Fsp3) is 0.375. The van der Waals surface area contributed by atoms with E-state index in [0.29, 0.717) is 35.4 Å². The molecule has 1 atom stereocenters. The normalized spacial score (nSPS) is 16.5. The number of aliphatic hydroxyl groups is 1. The van der Waals surface area contributed by atoms with Crippen LogP contribution in [0.15, 0.2) is 64.0 Å². The van der Waals surface area contributed by atoms with E-state index < -0.39 is 6.10 Å². The third-order valence-electron chi connectivity index (χ3n) is 5.39. The molecule has 1 saturated heterocycles. The van der Waals surface area contributed by atoms with Crippen LogP contribution in [0.1, 0.15) is 6.92 Å². The standard InChI is InChI=1S/C24H28N2O5/c1-2-31-26-12-10-25(11-13-26)15-19(27)16-29-20-8-9-21-23(14-20)30-17-22(24(21)28)18-6-4-3-5-7-18/h3-9,14,17,19,27H,2,10-13,15-16H2,1H3. The van der Waals surface area contributed by atoms with Crippen LogP contribution in [0.2, 0.25) is 0 Å². The van der Waals surface area contributed by atoms with Crippen molar-refractivity contribution in [3.05, 3.63) is 65.0 Å². The van der Waals surface area contributed by atoms with E-state index >= 15 is 0 Å². The number of hydroxylamine groups is 2. The molecular formula is C24H28N2O5. The van der Waals surface area contributed by atoms with Crippen LogP contribution in [0.3, 0.4) is 0 Å². The van der Waals surface area contributed by atoms with Gasteiger partial charge in [-0.05, 0) is 24.6 Å². The lowest BCUT2D eigenvalue weighted by Crippen LogP contribution is -2.49. The monoisotopic (exact) mass is 424 g/mol. The second kappa shape index (κ2) is 10.1. The first-order valence-electron chi connectivity index (χ1n) is 10.7. The molecule has 2 aromatic carbocycles. The minimum absolute atomic E-state index is 0.0785. The molecule has 0 spiro atoms. The van der Waals surface area contributed by atoms with Crippen LogP contribution in [-0.4, -0.2) is 67.1 Å². The third-order valence-corrected chi connectivity index (χ3v) is 5.39. The highest BCUT2D eigenvalue weighted by Crippen LogP contribution is 2.23. The first-order chi connectivity index (χ1) is 15.1. The van der Waals surface area contributed by atoms with E-state index in [0.717, 1.165) is 31.7 Å². The van der Waals surface area contributed by atoms with Gasteiger partial charge in [-0.3, -0.25) is 14.5 Å². The van der Waals surface area contributed by atoms with Crippen molar-refractivity contribution in [3.63, 3.8) is 0 Å². The lowest BCUT2D eigenvalue weighted by Gasteiger charge is -2.34. The number of hydrogen-bond donors (Lipinski definition) is 1. The van der Waals surface area contributed by atoms with Crippen LogP contribution in [0.5, 0.6) is 5.75 Å². The highest BCUT2D eigenvalue weighted by atomic mass is 16.7. The highest BCUT2D eigenvalue weighted by molar-refractivity contribution is 5.82. The lowest BCUT2D eigenvalue weighted by molar-refractivity contribution is -0.174. The number of rotatable bonds is 8. The predicted octanol–water partition coefficient (Wildman–Crippen LogP) is 2.77. The van der Waals surface area contributed by atoms with Gasteiger partial charge in [-0.1, -0.05) is 30.3 Å². The van der Waals surface area contributed by atoms with Gasteiger partial charge >= 0.3 is 0 Å². The Kier molecular flexibility index (Phi) is 6.99. The summed E-state index contributed by atoms with van der Waals surface area (Å²) in [4.78, 5) is 20.5. The minimum Gasteiger partial charge on any atom is -0.491 e. The topological polar surface area (TPSA) is 75.4 Å². The summed E-state index contributed by atoms with van der Waals surface area (Å²) in [7, 11) is 0. The molecule has 7 heteroatoms. The van der Waals surface area contributed by atoms with Crippen LogP contribution in [0.25, 0.3) is 22.1 Å². The zero-order chi connectivity index (χ0) is 21.6. The second-order valence-corrected chi connectivity index (χ2v) is 7.61. The van der Waals surface area contributed by atoms with Crippen molar-refractivity contribution in [2.45, 2.75) is 13.0 Å². The van der Waals surface area contributed by atoms with E-state index in [1.54, 1.807) is 18.2 Å². The molecule has 0 bridgehead atoms. The van der Waals surface area contributed by atoms with Crippen molar-refractivity contribution >= 4 is 11.0 Å². The summed E-state index contributed by atoms with van der Waals surface area (Å²) in [5.74, 6) is 0.559. The molecule has 4 rings (SSSR count). The quantitative estimate of drug-likeness (QED) is 0.596. The summed E-state index contributed by atoms with van der Waals surface area (Å²) in [6, 6.07) is 14.6. The highest BCUT2D eigenvalue weighted by Gasteiger charge is 2.20. The zero-order valence-corrected chi connectivity index (χ0v) is 17.7. The molecule has 0 saturated carbocycles. The number of nitrogens with zero attached hydrogens (tertiary/aromatic N) is 2. The summed E-state index contributed by atoms with van der Waals surface area (Å²) in [6.45, 7) is 6.73. The molecule has 2 heterocycles. The molecule has 1 fully saturated rings. The fourth-order valence-corrected chi connectivity index (χ4v) is 3.78. The van der Waals surface area contributed by atoms with Crippen molar-refractivity contribution < 1.29 is 19.1 Å². The second-order valence-electron chi connectivity index (χ2n) is 7.61. The van der Waals surface area contributed by atoms with Crippen molar-refractivity contribution in [2.24, 2.45) is 0 Å². The van der Waals surface area contributed by atoms with Gasteiger partial charge in [0.15, 0.2) is 5.43 Å². The Morgan fingerprint density at radius 2 is 1.87 bits per heavy atom. The van der Waals surface area contributed by atoms with Gasteiger partial charge in [0.05, 0.1) is 17.6 Å². The van der Waals surface area contributed by atoms with Crippen LogP contribution >= 0.6 is 0 Å². The first kappa shape index (κ1) is 21.5. The molecular weight excluding hydrogens is 396 g/mol. The van der Waals surface area contributed by atoms with Gasteiger partial charge in [0.2, 0.25) is 0 Å². The maximum atomic E-state index is 12.8. The van der Waals surface area contributed by atoms with E-state index in [9.17, 15) is 9.90 Å². The average Bonchev–Trinajstić information content (AvgIpc) is 2.80. The Labute approximate surface area is 181 Å². The number of ether oxygens (including phenoxy) is 1. The van der Waals surface area contributed by atoms with Gasteiger partial charge in [0.25, 0.3) is 0 Å². The molecule has 1 aliphatic rings. The SMILES string of the molecule is CCON1CCN(CC(O)COc2ccc3c(=O)c(-c4ccccc4)coc3c2)CC1. The number of aliphatic hydroxyl groups excluding tert-OH is 1. The van der Waals surface area contributed by atoms with Crippen LogP contribution in [-0.2, 0) is 4.84 Å².